The van der Waals surface area contributed by atoms with E-state index in [1.54, 1.807) is 4.90 Å². The lowest BCUT2D eigenvalue weighted by molar-refractivity contribution is -0.117. The summed E-state index contributed by atoms with van der Waals surface area (Å²) in [5, 5.41) is 8.83. The van der Waals surface area contributed by atoms with E-state index in [0.717, 1.165) is 11.4 Å². The van der Waals surface area contributed by atoms with Crippen LogP contribution in [-0.4, -0.2) is 19.1 Å². The second-order valence-electron chi connectivity index (χ2n) is 3.96. The molecule has 4 heteroatoms. The molecule has 1 amide bonds. The molecule has 0 bridgehead atoms. The van der Waals surface area contributed by atoms with Crippen LogP contribution in [0.1, 0.15) is 13.3 Å². The molecule has 1 aliphatic rings. The molecule has 0 N–H and O–H groups in total. The van der Waals surface area contributed by atoms with Gasteiger partial charge in [-0.25, -0.2) is 0 Å². The summed E-state index contributed by atoms with van der Waals surface area (Å²) in [6, 6.07) is 9.55. The number of carbonyl (C=O) groups excluding carboxylic acids is 1. The molecule has 1 aliphatic heterocycles. The molecule has 4 nitrogen and oxygen atoms in total. The number of hydrogen-bond acceptors (Lipinski definition) is 3. The van der Waals surface area contributed by atoms with Crippen molar-refractivity contribution in [1.29, 1.82) is 5.26 Å². The van der Waals surface area contributed by atoms with Crippen LogP contribution in [0.4, 0.5) is 5.69 Å². The van der Waals surface area contributed by atoms with Crippen molar-refractivity contribution in [3.63, 3.8) is 0 Å². The lowest BCUT2D eigenvalue weighted by Crippen LogP contribution is -2.24. The molecule has 0 aliphatic carbocycles. The number of nitrogens with zero attached hydrogens (tertiary/aromatic N) is 2. The third-order valence-electron chi connectivity index (χ3n) is 2.75. The van der Waals surface area contributed by atoms with E-state index in [1.165, 1.54) is 0 Å². The lowest BCUT2D eigenvalue weighted by Gasteiger charge is -2.16. The summed E-state index contributed by atoms with van der Waals surface area (Å²) in [7, 11) is 0. The van der Waals surface area contributed by atoms with Crippen molar-refractivity contribution in [2.75, 3.05) is 18.1 Å². The minimum Gasteiger partial charge on any atom is -0.494 e. The van der Waals surface area contributed by atoms with Gasteiger partial charge in [0.25, 0.3) is 0 Å². The van der Waals surface area contributed by atoms with Crippen LogP contribution in [0, 0.1) is 17.2 Å². The van der Waals surface area contributed by atoms with Crippen molar-refractivity contribution >= 4 is 11.6 Å². The molecule has 1 atom stereocenters. The van der Waals surface area contributed by atoms with E-state index in [4.69, 9.17) is 10.00 Å². The number of nitriles is 1. The van der Waals surface area contributed by atoms with Gasteiger partial charge >= 0.3 is 0 Å². The van der Waals surface area contributed by atoms with Gasteiger partial charge in [-0.1, -0.05) is 6.07 Å². The van der Waals surface area contributed by atoms with Crippen LogP contribution >= 0.6 is 0 Å². The van der Waals surface area contributed by atoms with E-state index in [0.29, 0.717) is 19.6 Å². The first-order valence-corrected chi connectivity index (χ1v) is 5.67. The molecule has 1 heterocycles. The van der Waals surface area contributed by atoms with Gasteiger partial charge in [-0.3, -0.25) is 4.79 Å². The molecule has 17 heavy (non-hydrogen) atoms. The van der Waals surface area contributed by atoms with E-state index in [-0.39, 0.29) is 11.8 Å². The highest BCUT2D eigenvalue weighted by Gasteiger charge is 2.30. The molecule has 0 spiro atoms. The Balaban J connectivity index is 2.20. The standard InChI is InChI=1S/C13H14N2O2/c1-2-17-12-5-3-4-11(7-12)15-9-10(8-14)6-13(15)16/h3-5,7,10H,2,6,9H2,1H3. The molecule has 2 rings (SSSR count). The molecule has 1 saturated heterocycles. The Morgan fingerprint density at radius 3 is 3.06 bits per heavy atom. The van der Waals surface area contributed by atoms with Crippen LogP contribution in [0.15, 0.2) is 24.3 Å². The van der Waals surface area contributed by atoms with E-state index < -0.39 is 0 Å². The highest BCUT2D eigenvalue weighted by molar-refractivity contribution is 5.96. The van der Waals surface area contributed by atoms with Crippen LogP contribution in [0.5, 0.6) is 5.75 Å². The Morgan fingerprint density at radius 1 is 1.59 bits per heavy atom. The minimum absolute atomic E-state index is 0.00481. The van der Waals surface area contributed by atoms with E-state index in [9.17, 15) is 4.79 Å². The average Bonchev–Trinajstić information content (AvgIpc) is 2.71. The summed E-state index contributed by atoms with van der Waals surface area (Å²) in [5.74, 6) is 0.557. The van der Waals surface area contributed by atoms with Crippen molar-refractivity contribution in [3.05, 3.63) is 24.3 Å². The minimum atomic E-state index is -0.196. The number of amides is 1. The van der Waals surface area contributed by atoms with E-state index in [1.807, 2.05) is 31.2 Å². The van der Waals surface area contributed by atoms with Crippen LogP contribution in [0.25, 0.3) is 0 Å². The first-order valence-electron chi connectivity index (χ1n) is 5.67. The topological polar surface area (TPSA) is 53.3 Å². The Labute approximate surface area is 100 Å². The fourth-order valence-electron chi connectivity index (χ4n) is 1.95. The third-order valence-corrected chi connectivity index (χ3v) is 2.75. The Kier molecular flexibility index (Phi) is 3.29. The third kappa shape index (κ3) is 2.39. The van der Waals surface area contributed by atoms with E-state index in [2.05, 4.69) is 6.07 Å². The molecule has 1 unspecified atom stereocenters. The number of anilines is 1. The average molecular weight is 230 g/mol. The van der Waals surface area contributed by atoms with E-state index >= 15 is 0 Å². The Hall–Kier alpha value is -2.02. The zero-order valence-electron chi connectivity index (χ0n) is 9.72. The zero-order chi connectivity index (χ0) is 12.3. The van der Waals surface area contributed by atoms with Gasteiger partial charge in [0.1, 0.15) is 5.75 Å². The summed E-state index contributed by atoms with van der Waals surface area (Å²) in [6.07, 6.45) is 0.315. The molecular formula is C13H14N2O2. The quantitative estimate of drug-likeness (QED) is 0.797. The molecule has 1 aromatic rings. The fourth-order valence-corrected chi connectivity index (χ4v) is 1.95. The lowest BCUT2D eigenvalue weighted by atomic mass is 10.1. The highest BCUT2D eigenvalue weighted by Crippen LogP contribution is 2.27. The number of carbonyl (C=O) groups is 1. The molecule has 1 aromatic carbocycles. The predicted molar refractivity (Wildman–Crippen MR) is 63.7 cm³/mol. The van der Waals surface area contributed by atoms with Gasteiger partial charge in [0, 0.05) is 24.7 Å². The molecule has 1 fully saturated rings. The van der Waals surface area contributed by atoms with Crippen molar-refractivity contribution in [2.24, 2.45) is 5.92 Å². The maximum atomic E-state index is 11.7. The van der Waals surface area contributed by atoms with Gasteiger partial charge in [0.15, 0.2) is 0 Å². The first-order chi connectivity index (χ1) is 8.24. The largest absolute Gasteiger partial charge is 0.494 e. The van der Waals surface area contributed by atoms with Gasteiger partial charge in [0.05, 0.1) is 18.6 Å². The molecule has 0 aromatic heterocycles. The van der Waals surface area contributed by atoms with Gasteiger partial charge in [-0.15, -0.1) is 0 Å². The van der Waals surface area contributed by atoms with Crippen LogP contribution in [-0.2, 0) is 4.79 Å². The monoisotopic (exact) mass is 230 g/mol. The SMILES string of the molecule is CCOc1cccc(N2CC(C#N)CC2=O)c1. The van der Waals surface area contributed by atoms with Crippen LogP contribution in [0.2, 0.25) is 0 Å². The summed E-state index contributed by atoms with van der Waals surface area (Å²) in [5.41, 5.74) is 0.804. The summed E-state index contributed by atoms with van der Waals surface area (Å²) in [6.45, 7) is 2.99. The number of hydrogen-bond donors (Lipinski definition) is 0. The van der Waals surface area contributed by atoms with Gasteiger partial charge in [-0.2, -0.15) is 5.26 Å². The van der Waals surface area contributed by atoms with Gasteiger partial charge in [-0.05, 0) is 19.1 Å². The number of benzene rings is 1. The molecule has 0 saturated carbocycles. The van der Waals surface area contributed by atoms with Gasteiger partial charge < -0.3 is 9.64 Å². The van der Waals surface area contributed by atoms with Crippen molar-refractivity contribution in [3.8, 4) is 11.8 Å². The smallest absolute Gasteiger partial charge is 0.228 e. The van der Waals surface area contributed by atoms with Crippen LogP contribution < -0.4 is 9.64 Å². The second-order valence-corrected chi connectivity index (χ2v) is 3.96. The molecule has 0 radical (unpaired) electrons. The first kappa shape index (κ1) is 11.5. The normalized spacial score (nSPS) is 19.2. The molecular weight excluding hydrogens is 216 g/mol. The summed E-state index contributed by atoms with van der Waals surface area (Å²) >= 11 is 0. The van der Waals surface area contributed by atoms with Crippen LogP contribution in [0.3, 0.4) is 0 Å². The number of rotatable bonds is 3. The zero-order valence-corrected chi connectivity index (χ0v) is 9.72. The maximum Gasteiger partial charge on any atom is 0.228 e. The predicted octanol–water partition coefficient (Wildman–Crippen LogP) is 1.96. The Morgan fingerprint density at radius 2 is 2.41 bits per heavy atom. The number of ether oxygens (including phenoxy) is 1. The molecule has 88 valence electrons. The Bertz CT molecular complexity index is 465. The van der Waals surface area contributed by atoms with Crippen molar-refractivity contribution in [2.45, 2.75) is 13.3 Å². The summed E-state index contributed by atoms with van der Waals surface area (Å²) in [4.78, 5) is 13.4. The fraction of sp³-hybridized carbons (Fsp3) is 0.385. The van der Waals surface area contributed by atoms with Crippen molar-refractivity contribution in [1.82, 2.24) is 0 Å². The van der Waals surface area contributed by atoms with Gasteiger partial charge in [0.2, 0.25) is 5.91 Å². The highest BCUT2D eigenvalue weighted by atomic mass is 16.5. The maximum absolute atomic E-state index is 11.7. The second kappa shape index (κ2) is 4.88. The van der Waals surface area contributed by atoms with Crippen molar-refractivity contribution < 1.29 is 9.53 Å². The summed E-state index contributed by atoms with van der Waals surface area (Å²) < 4.78 is 5.39.